The average Bonchev–Trinajstić information content (AvgIpc) is 3.40. The Labute approximate surface area is 210 Å². The number of carbonyl (C=O) groups excluding carboxylic acids is 2. The van der Waals surface area contributed by atoms with E-state index < -0.39 is 25.5 Å². The van der Waals surface area contributed by atoms with Crippen LogP contribution in [0.4, 0.5) is 4.79 Å². The molecule has 1 aliphatic heterocycles. The molecule has 8 nitrogen and oxygen atoms in total. The Balaban J connectivity index is 1.47. The maximum absolute atomic E-state index is 14.2. The van der Waals surface area contributed by atoms with Gasteiger partial charge in [0.15, 0.2) is 5.78 Å². The van der Waals surface area contributed by atoms with E-state index in [0.717, 1.165) is 5.56 Å². The SMILES string of the molecule is C[C@H](NC(=O)OCc1ccccc1)C(=O)N1CCCC1P(=O)(Oc1ccccc1)Oc1ccccc1. The number of likely N-dealkylation sites (tertiary alicyclic amines) is 1. The van der Waals surface area contributed by atoms with Gasteiger partial charge < -0.3 is 24.0 Å². The first-order valence-corrected chi connectivity index (χ1v) is 13.4. The van der Waals surface area contributed by atoms with E-state index in [1.54, 1.807) is 55.5 Å². The van der Waals surface area contributed by atoms with Crippen molar-refractivity contribution in [3.63, 3.8) is 0 Å². The van der Waals surface area contributed by atoms with Crippen LogP contribution in [-0.4, -0.2) is 35.3 Å². The highest BCUT2D eigenvalue weighted by Crippen LogP contribution is 2.57. The summed E-state index contributed by atoms with van der Waals surface area (Å²) in [5, 5.41) is 2.57. The number of alkyl carbamates (subject to hydrolysis) is 1. The largest absolute Gasteiger partial charge is 0.453 e. The Hall–Kier alpha value is -3.77. The monoisotopic (exact) mass is 508 g/mol. The minimum atomic E-state index is -3.89. The number of hydrogen-bond acceptors (Lipinski definition) is 6. The van der Waals surface area contributed by atoms with Crippen molar-refractivity contribution in [3.8, 4) is 11.5 Å². The highest BCUT2D eigenvalue weighted by atomic mass is 31.2. The Kier molecular flexibility index (Phi) is 8.28. The van der Waals surface area contributed by atoms with Crippen LogP contribution in [0.1, 0.15) is 25.3 Å². The predicted octanol–water partition coefficient (Wildman–Crippen LogP) is 5.60. The first-order chi connectivity index (χ1) is 17.4. The van der Waals surface area contributed by atoms with Gasteiger partial charge in [-0.2, -0.15) is 0 Å². The zero-order valence-corrected chi connectivity index (χ0v) is 20.9. The molecule has 1 saturated heterocycles. The molecule has 1 unspecified atom stereocenters. The lowest BCUT2D eigenvalue weighted by Crippen LogP contribution is -2.49. The smallest absolute Gasteiger partial charge is 0.445 e. The van der Waals surface area contributed by atoms with E-state index in [4.69, 9.17) is 13.8 Å². The van der Waals surface area contributed by atoms with E-state index in [0.29, 0.717) is 30.9 Å². The first kappa shape index (κ1) is 25.3. The average molecular weight is 509 g/mol. The van der Waals surface area contributed by atoms with Crippen molar-refractivity contribution in [2.24, 2.45) is 0 Å². The summed E-state index contributed by atoms with van der Waals surface area (Å²) in [5.41, 5.74) is 0.836. The molecular weight excluding hydrogens is 479 g/mol. The number of benzene rings is 3. The topological polar surface area (TPSA) is 94.2 Å². The molecule has 0 bridgehead atoms. The summed E-state index contributed by atoms with van der Waals surface area (Å²) in [5.74, 6) is -0.434. The molecule has 1 N–H and O–H groups in total. The molecule has 36 heavy (non-hydrogen) atoms. The second-order valence-electron chi connectivity index (χ2n) is 8.43. The second kappa shape index (κ2) is 11.8. The van der Waals surface area contributed by atoms with Gasteiger partial charge in [0, 0.05) is 6.54 Å². The third-order valence-corrected chi connectivity index (χ3v) is 7.94. The molecule has 3 aromatic rings. The van der Waals surface area contributed by atoms with Crippen LogP contribution in [-0.2, 0) is 20.7 Å². The number of nitrogens with one attached hydrogen (secondary N) is 1. The van der Waals surface area contributed by atoms with Crippen LogP contribution >= 0.6 is 7.60 Å². The van der Waals surface area contributed by atoms with Gasteiger partial charge in [-0.05, 0) is 49.6 Å². The zero-order chi connectivity index (χ0) is 25.4. The van der Waals surface area contributed by atoms with Gasteiger partial charge in [0.2, 0.25) is 5.91 Å². The van der Waals surface area contributed by atoms with Crippen molar-refractivity contribution in [1.82, 2.24) is 10.2 Å². The molecule has 1 heterocycles. The lowest BCUT2D eigenvalue weighted by molar-refractivity contribution is -0.132. The quantitative estimate of drug-likeness (QED) is 0.378. The third-order valence-electron chi connectivity index (χ3n) is 5.74. The van der Waals surface area contributed by atoms with Crippen molar-refractivity contribution >= 4 is 19.6 Å². The maximum atomic E-state index is 14.2. The molecule has 2 amide bonds. The summed E-state index contributed by atoms with van der Waals surface area (Å²) in [4.78, 5) is 27.1. The second-order valence-corrected chi connectivity index (χ2v) is 10.5. The number of amides is 2. The Bertz CT molecular complexity index is 1150. The van der Waals surface area contributed by atoms with Gasteiger partial charge in [-0.15, -0.1) is 0 Å². The van der Waals surface area contributed by atoms with Crippen molar-refractivity contribution in [1.29, 1.82) is 0 Å². The van der Waals surface area contributed by atoms with Crippen LogP contribution in [0.3, 0.4) is 0 Å². The van der Waals surface area contributed by atoms with E-state index in [1.807, 2.05) is 42.5 Å². The molecule has 1 aliphatic rings. The maximum Gasteiger partial charge on any atom is 0.453 e. The van der Waals surface area contributed by atoms with E-state index in [9.17, 15) is 14.2 Å². The van der Waals surface area contributed by atoms with E-state index in [1.165, 1.54) is 4.90 Å². The fourth-order valence-electron chi connectivity index (χ4n) is 3.98. The number of para-hydroxylation sites is 2. The van der Waals surface area contributed by atoms with Gasteiger partial charge in [0.1, 0.15) is 24.1 Å². The van der Waals surface area contributed by atoms with Gasteiger partial charge in [0.25, 0.3) is 0 Å². The van der Waals surface area contributed by atoms with E-state index in [-0.39, 0.29) is 12.5 Å². The van der Waals surface area contributed by atoms with Crippen LogP contribution in [0, 0.1) is 0 Å². The lowest BCUT2D eigenvalue weighted by atomic mass is 10.2. The fourth-order valence-corrected chi connectivity index (χ4v) is 6.17. The molecule has 0 saturated carbocycles. The normalized spacial score (nSPS) is 16.1. The molecule has 2 atom stereocenters. The third kappa shape index (κ3) is 6.46. The van der Waals surface area contributed by atoms with Gasteiger partial charge in [0.05, 0.1) is 0 Å². The van der Waals surface area contributed by atoms with Crippen LogP contribution in [0.5, 0.6) is 11.5 Å². The molecule has 0 aromatic heterocycles. The molecule has 4 rings (SSSR count). The zero-order valence-electron chi connectivity index (χ0n) is 20.0. The number of nitrogens with zero attached hydrogens (tertiary/aromatic N) is 1. The van der Waals surface area contributed by atoms with Crippen molar-refractivity contribution in [2.75, 3.05) is 6.54 Å². The highest BCUT2D eigenvalue weighted by molar-refractivity contribution is 7.55. The summed E-state index contributed by atoms with van der Waals surface area (Å²) in [7, 11) is -3.89. The summed E-state index contributed by atoms with van der Waals surface area (Å²) < 4.78 is 31.4. The van der Waals surface area contributed by atoms with Crippen LogP contribution in [0.25, 0.3) is 0 Å². The van der Waals surface area contributed by atoms with Crippen molar-refractivity contribution in [2.45, 2.75) is 38.2 Å². The first-order valence-electron chi connectivity index (χ1n) is 11.8. The summed E-state index contributed by atoms with van der Waals surface area (Å²) in [6, 6.07) is 25.9. The standard InChI is InChI=1S/C27H29N2O6P/c1-21(28-27(31)33-20-22-12-5-2-6-13-22)26(30)29-19-11-18-25(29)36(32,34-23-14-7-3-8-15-23)35-24-16-9-4-10-17-24/h2-10,12-17,21,25H,11,18-20H2,1H3,(H,28,31)/t21-,25?/m0/s1. The van der Waals surface area contributed by atoms with Crippen molar-refractivity contribution in [3.05, 3.63) is 96.6 Å². The molecule has 0 radical (unpaired) electrons. The number of carbonyl (C=O) groups is 2. The van der Waals surface area contributed by atoms with Gasteiger partial charge in [-0.25, -0.2) is 9.36 Å². The molecular formula is C27H29N2O6P. The number of ether oxygens (including phenoxy) is 1. The minimum Gasteiger partial charge on any atom is -0.445 e. The minimum absolute atomic E-state index is 0.0883. The summed E-state index contributed by atoms with van der Waals surface area (Å²) in [6.07, 6.45) is 0.357. The Morgan fingerprint density at radius 2 is 1.44 bits per heavy atom. The Morgan fingerprint density at radius 1 is 0.917 bits per heavy atom. The number of rotatable bonds is 9. The highest BCUT2D eigenvalue weighted by Gasteiger charge is 2.48. The molecule has 9 heteroatoms. The molecule has 188 valence electrons. The predicted molar refractivity (Wildman–Crippen MR) is 136 cm³/mol. The summed E-state index contributed by atoms with van der Waals surface area (Å²) in [6.45, 7) is 2.03. The van der Waals surface area contributed by atoms with Crippen LogP contribution < -0.4 is 14.4 Å². The number of hydrogen-bond donors (Lipinski definition) is 1. The Morgan fingerprint density at radius 3 is 2.00 bits per heavy atom. The van der Waals surface area contributed by atoms with Crippen LogP contribution in [0.15, 0.2) is 91.0 Å². The van der Waals surface area contributed by atoms with E-state index in [2.05, 4.69) is 5.32 Å². The van der Waals surface area contributed by atoms with Gasteiger partial charge >= 0.3 is 13.7 Å². The van der Waals surface area contributed by atoms with Crippen LogP contribution in [0.2, 0.25) is 0 Å². The lowest BCUT2D eigenvalue weighted by Gasteiger charge is -2.32. The molecule has 0 aliphatic carbocycles. The molecule has 0 spiro atoms. The summed E-state index contributed by atoms with van der Waals surface area (Å²) >= 11 is 0. The van der Waals surface area contributed by atoms with Crippen molar-refractivity contribution < 1.29 is 27.9 Å². The van der Waals surface area contributed by atoms with Gasteiger partial charge in [-0.1, -0.05) is 66.7 Å². The van der Waals surface area contributed by atoms with E-state index >= 15 is 0 Å². The van der Waals surface area contributed by atoms with Gasteiger partial charge in [-0.3, -0.25) is 4.79 Å². The molecule has 3 aromatic carbocycles. The molecule has 1 fully saturated rings. The fraction of sp³-hybridized carbons (Fsp3) is 0.259.